The molecule has 0 unspecified atom stereocenters. The lowest BCUT2D eigenvalue weighted by Gasteiger charge is -2.04. The summed E-state index contributed by atoms with van der Waals surface area (Å²) < 4.78 is 9.04. The minimum Gasteiger partial charge on any atom is -0.487 e. The smallest absolute Gasteiger partial charge is 0.349 e. The van der Waals surface area contributed by atoms with Crippen LogP contribution in [0.4, 0.5) is 0 Å². The summed E-state index contributed by atoms with van der Waals surface area (Å²) >= 11 is 0.855. The molecule has 0 aliphatic rings. The summed E-state index contributed by atoms with van der Waals surface area (Å²) in [4.78, 5) is 10.9. The van der Waals surface area contributed by atoms with Gasteiger partial charge in [0.2, 0.25) is 0 Å². The van der Waals surface area contributed by atoms with Gasteiger partial charge in [0, 0.05) is 0 Å². The second-order valence-electron chi connectivity index (χ2n) is 3.46. The van der Waals surface area contributed by atoms with Crippen molar-refractivity contribution in [3.05, 3.63) is 40.4 Å². The number of aromatic nitrogens is 2. The van der Waals surface area contributed by atoms with E-state index in [1.165, 1.54) is 0 Å². The van der Waals surface area contributed by atoms with Crippen molar-refractivity contribution >= 4 is 17.5 Å². The van der Waals surface area contributed by atoms with Crippen LogP contribution in [0.1, 0.15) is 20.9 Å². The Morgan fingerprint density at radius 1 is 1.41 bits per heavy atom. The zero-order chi connectivity index (χ0) is 12.3. The van der Waals surface area contributed by atoms with Crippen LogP contribution in [0.15, 0.2) is 24.3 Å². The third kappa shape index (κ3) is 2.79. The lowest BCUT2D eigenvalue weighted by atomic mass is 10.2. The maximum Gasteiger partial charge on any atom is 0.349 e. The first-order valence-electron chi connectivity index (χ1n) is 4.91. The van der Waals surface area contributed by atoms with Crippen LogP contribution in [0.3, 0.4) is 0 Å². The Hall–Kier alpha value is -1.95. The molecule has 1 aromatic carbocycles. The largest absolute Gasteiger partial charge is 0.487 e. The van der Waals surface area contributed by atoms with Crippen LogP contribution in [-0.2, 0) is 6.61 Å². The van der Waals surface area contributed by atoms with Gasteiger partial charge in [-0.05, 0) is 30.6 Å². The van der Waals surface area contributed by atoms with Crippen molar-refractivity contribution in [1.29, 1.82) is 0 Å². The molecule has 5 nitrogen and oxygen atoms in total. The summed E-state index contributed by atoms with van der Waals surface area (Å²) in [6, 6.07) is 7.50. The van der Waals surface area contributed by atoms with E-state index in [9.17, 15) is 4.79 Å². The fourth-order valence-electron chi connectivity index (χ4n) is 1.25. The van der Waals surface area contributed by atoms with E-state index in [0.29, 0.717) is 11.4 Å². The van der Waals surface area contributed by atoms with Crippen molar-refractivity contribution in [1.82, 2.24) is 9.59 Å². The Morgan fingerprint density at radius 3 is 2.76 bits per heavy atom. The lowest BCUT2D eigenvalue weighted by Crippen LogP contribution is -2.03. The van der Waals surface area contributed by atoms with Crippen molar-refractivity contribution in [3.8, 4) is 5.75 Å². The average molecular weight is 250 g/mol. The summed E-state index contributed by atoms with van der Waals surface area (Å²) in [6.45, 7) is 2.10. The molecule has 0 saturated heterocycles. The van der Waals surface area contributed by atoms with E-state index in [1.54, 1.807) is 0 Å². The van der Waals surface area contributed by atoms with E-state index in [0.717, 1.165) is 17.1 Å². The molecule has 0 fully saturated rings. The van der Waals surface area contributed by atoms with Gasteiger partial charge in [-0.25, -0.2) is 4.79 Å². The Bertz CT molecular complexity index is 522. The van der Waals surface area contributed by atoms with Gasteiger partial charge < -0.3 is 9.84 Å². The van der Waals surface area contributed by atoms with Crippen LogP contribution >= 0.6 is 11.5 Å². The predicted molar refractivity (Wildman–Crippen MR) is 62.4 cm³/mol. The number of rotatable bonds is 4. The van der Waals surface area contributed by atoms with Crippen LogP contribution in [0, 0.1) is 6.92 Å². The van der Waals surface area contributed by atoms with E-state index in [4.69, 9.17) is 9.84 Å². The highest BCUT2D eigenvalue weighted by molar-refractivity contribution is 7.07. The monoisotopic (exact) mass is 250 g/mol. The molecule has 0 atom stereocenters. The Kier molecular flexibility index (Phi) is 3.34. The first kappa shape index (κ1) is 11.5. The van der Waals surface area contributed by atoms with Gasteiger partial charge in [0.15, 0.2) is 4.88 Å². The molecular weight excluding hydrogens is 240 g/mol. The molecule has 1 heterocycles. The molecular formula is C11H10N2O3S. The van der Waals surface area contributed by atoms with Crippen molar-refractivity contribution in [3.63, 3.8) is 0 Å². The van der Waals surface area contributed by atoms with Gasteiger partial charge >= 0.3 is 5.97 Å². The topological polar surface area (TPSA) is 72.3 Å². The van der Waals surface area contributed by atoms with Crippen LogP contribution in [0.5, 0.6) is 5.75 Å². The quantitative estimate of drug-likeness (QED) is 0.899. The highest BCUT2D eigenvalue weighted by Gasteiger charge is 2.15. The number of ether oxygens (including phenoxy) is 1. The number of aryl methyl sites for hydroxylation is 1. The van der Waals surface area contributed by atoms with Crippen LogP contribution in [0.2, 0.25) is 0 Å². The summed E-state index contributed by atoms with van der Waals surface area (Å²) in [5, 5.41) is 12.6. The average Bonchev–Trinajstić information content (AvgIpc) is 2.76. The van der Waals surface area contributed by atoms with Gasteiger partial charge in [-0.3, -0.25) is 0 Å². The fourth-order valence-corrected chi connectivity index (χ4v) is 1.76. The molecule has 2 rings (SSSR count). The first-order valence-corrected chi connectivity index (χ1v) is 5.68. The number of benzene rings is 1. The number of carboxylic acid groups (broad SMARTS) is 1. The summed E-state index contributed by atoms with van der Waals surface area (Å²) in [7, 11) is 0. The van der Waals surface area contributed by atoms with E-state index in [2.05, 4.69) is 9.59 Å². The summed E-state index contributed by atoms with van der Waals surface area (Å²) in [5.41, 5.74) is 1.49. The molecule has 2 aromatic rings. The SMILES string of the molecule is Cc1ccc(OCc2nnsc2C(=O)O)cc1. The number of aromatic carboxylic acids is 1. The number of hydrogen-bond donors (Lipinski definition) is 1. The lowest BCUT2D eigenvalue weighted by molar-refractivity contribution is 0.0699. The van der Waals surface area contributed by atoms with Crippen LogP contribution in [0.25, 0.3) is 0 Å². The second kappa shape index (κ2) is 4.92. The van der Waals surface area contributed by atoms with Crippen molar-refractivity contribution in [2.45, 2.75) is 13.5 Å². The normalized spacial score (nSPS) is 10.2. The molecule has 1 N–H and O–H groups in total. The van der Waals surface area contributed by atoms with Crippen LogP contribution < -0.4 is 4.74 Å². The standard InChI is InChI=1S/C11H10N2O3S/c1-7-2-4-8(5-3-7)16-6-9-10(11(14)15)17-13-12-9/h2-5H,6H2,1H3,(H,14,15). The molecule has 0 bridgehead atoms. The van der Waals surface area contributed by atoms with Gasteiger partial charge in [0.05, 0.1) is 0 Å². The van der Waals surface area contributed by atoms with Crippen LogP contribution in [-0.4, -0.2) is 20.7 Å². The predicted octanol–water partition coefficient (Wildman–Crippen LogP) is 2.12. The maximum atomic E-state index is 10.8. The molecule has 0 saturated carbocycles. The molecule has 0 spiro atoms. The first-order chi connectivity index (χ1) is 8.16. The van der Waals surface area contributed by atoms with E-state index in [-0.39, 0.29) is 11.5 Å². The number of hydrogen-bond acceptors (Lipinski definition) is 5. The molecule has 88 valence electrons. The van der Waals surface area contributed by atoms with Gasteiger partial charge in [-0.2, -0.15) is 0 Å². The minimum atomic E-state index is -1.03. The molecule has 0 amide bonds. The van der Waals surface area contributed by atoms with Gasteiger partial charge in [0.25, 0.3) is 0 Å². The third-order valence-corrected chi connectivity index (χ3v) is 2.90. The van der Waals surface area contributed by atoms with Crippen molar-refractivity contribution in [2.75, 3.05) is 0 Å². The Morgan fingerprint density at radius 2 is 2.12 bits per heavy atom. The summed E-state index contributed by atoms with van der Waals surface area (Å²) in [5.74, 6) is -0.345. The minimum absolute atomic E-state index is 0.112. The fraction of sp³-hybridized carbons (Fsp3) is 0.182. The maximum absolute atomic E-state index is 10.8. The van der Waals surface area contributed by atoms with E-state index >= 15 is 0 Å². The van der Waals surface area contributed by atoms with Gasteiger partial charge in [-0.15, -0.1) is 5.10 Å². The Labute approximate surface area is 102 Å². The van der Waals surface area contributed by atoms with E-state index in [1.807, 2.05) is 31.2 Å². The molecule has 0 radical (unpaired) electrons. The molecule has 6 heteroatoms. The van der Waals surface area contributed by atoms with E-state index < -0.39 is 5.97 Å². The van der Waals surface area contributed by atoms with Crippen molar-refractivity contribution in [2.24, 2.45) is 0 Å². The third-order valence-electron chi connectivity index (χ3n) is 2.15. The second-order valence-corrected chi connectivity index (χ2v) is 4.21. The molecule has 1 aromatic heterocycles. The number of carboxylic acids is 1. The number of nitrogens with zero attached hydrogens (tertiary/aromatic N) is 2. The number of carbonyl (C=O) groups is 1. The highest BCUT2D eigenvalue weighted by Crippen LogP contribution is 2.16. The highest BCUT2D eigenvalue weighted by atomic mass is 32.1. The zero-order valence-electron chi connectivity index (χ0n) is 9.08. The van der Waals surface area contributed by atoms with Gasteiger partial charge in [-0.1, -0.05) is 22.2 Å². The molecule has 0 aliphatic heterocycles. The zero-order valence-corrected chi connectivity index (χ0v) is 9.90. The Balaban J connectivity index is 2.05. The van der Waals surface area contributed by atoms with Gasteiger partial charge in [0.1, 0.15) is 18.1 Å². The molecule has 17 heavy (non-hydrogen) atoms. The van der Waals surface area contributed by atoms with Crippen molar-refractivity contribution < 1.29 is 14.6 Å². The summed E-state index contributed by atoms with van der Waals surface area (Å²) in [6.07, 6.45) is 0. The molecule has 0 aliphatic carbocycles.